The van der Waals surface area contributed by atoms with E-state index in [1.807, 2.05) is 0 Å². The molecule has 1 aliphatic carbocycles. The van der Waals surface area contributed by atoms with Gasteiger partial charge in [0.05, 0.1) is 6.04 Å². The van der Waals surface area contributed by atoms with Gasteiger partial charge in [0.25, 0.3) is 11.8 Å². The van der Waals surface area contributed by atoms with E-state index >= 15 is 0 Å². The molecule has 3 amide bonds. The van der Waals surface area contributed by atoms with Crippen LogP contribution in [0.1, 0.15) is 60.3 Å². The van der Waals surface area contributed by atoms with Crippen molar-refractivity contribution in [3.63, 3.8) is 0 Å². The number of benzene rings is 1. The number of rotatable bonds is 4. The molecule has 3 heterocycles. The van der Waals surface area contributed by atoms with Gasteiger partial charge in [0.15, 0.2) is 0 Å². The Balaban J connectivity index is 1.33. The largest absolute Gasteiger partial charge is 0.471 e. The summed E-state index contributed by atoms with van der Waals surface area (Å²) < 4.78 is 42.7. The van der Waals surface area contributed by atoms with Gasteiger partial charge in [-0.05, 0) is 24.5 Å². The Morgan fingerprint density at radius 2 is 1.97 bits per heavy atom. The van der Waals surface area contributed by atoms with E-state index in [0.717, 1.165) is 18.4 Å². The van der Waals surface area contributed by atoms with Gasteiger partial charge in [-0.25, -0.2) is 5.43 Å². The minimum Gasteiger partial charge on any atom is -0.346 e. The molecule has 0 saturated heterocycles. The van der Waals surface area contributed by atoms with Crippen molar-refractivity contribution in [2.75, 3.05) is 0 Å². The zero-order chi connectivity index (χ0) is 24.7. The summed E-state index contributed by atoms with van der Waals surface area (Å²) in [7, 11) is 0. The predicted molar refractivity (Wildman–Crippen MR) is 114 cm³/mol. The van der Waals surface area contributed by atoms with E-state index in [9.17, 15) is 27.6 Å². The number of hydrogen-bond donors (Lipinski definition) is 2. The molecular weight excluding hydrogens is 469 g/mol. The maximum Gasteiger partial charge on any atom is 0.471 e. The Kier molecular flexibility index (Phi) is 5.77. The van der Waals surface area contributed by atoms with Gasteiger partial charge in [0.1, 0.15) is 5.71 Å². The van der Waals surface area contributed by atoms with Crippen LogP contribution in [0.5, 0.6) is 0 Å². The number of hydrazone groups is 1. The van der Waals surface area contributed by atoms with Crippen LogP contribution in [0.25, 0.3) is 11.4 Å². The lowest BCUT2D eigenvalue weighted by atomic mass is 9.89. The number of nitrogens with zero attached hydrogens (tertiary/aromatic N) is 4. The fourth-order valence-corrected chi connectivity index (χ4v) is 4.73. The molecule has 1 fully saturated rings. The Bertz CT molecular complexity index is 1220. The van der Waals surface area contributed by atoms with Crippen molar-refractivity contribution >= 4 is 23.4 Å². The van der Waals surface area contributed by atoms with Crippen molar-refractivity contribution in [1.82, 2.24) is 25.8 Å². The summed E-state index contributed by atoms with van der Waals surface area (Å²) in [4.78, 5) is 42.4. The Hall–Kier alpha value is -3.77. The summed E-state index contributed by atoms with van der Waals surface area (Å²) in [6, 6.07) is 4.15. The quantitative estimate of drug-likeness (QED) is 0.677. The molecule has 0 unspecified atom stereocenters. The maximum absolute atomic E-state index is 13.3. The van der Waals surface area contributed by atoms with Gasteiger partial charge in [0, 0.05) is 36.6 Å². The van der Waals surface area contributed by atoms with Gasteiger partial charge >= 0.3 is 12.1 Å². The third-order valence-electron chi connectivity index (χ3n) is 6.48. The summed E-state index contributed by atoms with van der Waals surface area (Å²) in [6.07, 6.45) is -1.16. The zero-order valence-electron chi connectivity index (χ0n) is 18.4. The van der Waals surface area contributed by atoms with E-state index < -0.39 is 12.1 Å². The van der Waals surface area contributed by atoms with Crippen LogP contribution in [-0.2, 0) is 22.3 Å². The van der Waals surface area contributed by atoms with E-state index in [4.69, 9.17) is 0 Å². The highest BCUT2D eigenvalue weighted by Crippen LogP contribution is 2.34. The van der Waals surface area contributed by atoms with Gasteiger partial charge in [-0.2, -0.15) is 23.3 Å². The third kappa shape index (κ3) is 4.49. The molecule has 35 heavy (non-hydrogen) atoms. The van der Waals surface area contributed by atoms with Crippen LogP contribution in [-0.4, -0.2) is 50.6 Å². The number of carbonyl (C=O) groups is 3. The zero-order valence-corrected chi connectivity index (χ0v) is 18.4. The SMILES string of the molecule is O=C1CCC(C(=O)N[C@@H]2CCCC[C@H]2N2Cc3ccc(-c4noc(C(F)(F)F)n4)cc3C2=O)=NN1. The predicted octanol–water partition coefficient (Wildman–Crippen LogP) is 2.40. The van der Waals surface area contributed by atoms with Gasteiger partial charge < -0.3 is 14.7 Å². The first kappa shape index (κ1) is 23.0. The topological polar surface area (TPSA) is 130 Å². The second-order valence-corrected chi connectivity index (χ2v) is 8.75. The average molecular weight is 490 g/mol. The van der Waals surface area contributed by atoms with Crippen LogP contribution < -0.4 is 10.7 Å². The highest BCUT2D eigenvalue weighted by atomic mass is 19.4. The Morgan fingerprint density at radius 3 is 2.69 bits per heavy atom. The van der Waals surface area contributed by atoms with Crippen LogP contribution in [0.3, 0.4) is 0 Å². The van der Waals surface area contributed by atoms with Crippen LogP contribution in [0.15, 0.2) is 27.8 Å². The third-order valence-corrected chi connectivity index (χ3v) is 6.48. The summed E-state index contributed by atoms with van der Waals surface area (Å²) in [5, 5.41) is 10.2. The van der Waals surface area contributed by atoms with Crippen molar-refractivity contribution in [3.05, 3.63) is 35.2 Å². The molecule has 2 aromatic rings. The molecule has 3 aliphatic rings. The molecule has 2 atom stereocenters. The first-order valence-electron chi connectivity index (χ1n) is 11.2. The molecular formula is C22H21F3N6O4. The molecule has 0 bridgehead atoms. The van der Waals surface area contributed by atoms with Gasteiger partial charge in [-0.1, -0.05) is 30.1 Å². The monoisotopic (exact) mass is 490 g/mol. The molecule has 10 nitrogen and oxygen atoms in total. The van der Waals surface area contributed by atoms with Crippen molar-refractivity contribution < 1.29 is 32.1 Å². The number of aromatic nitrogens is 2. The number of fused-ring (bicyclic) bond motifs is 1. The van der Waals surface area contributed by atoms with E-state index in [0.29, 0.717) is 24.9 Å². The Morgan fingerprint density at radius 1 is 1.17 bits per heavy atom. The maximum atomic E-state index is 13.3. The van der Waals surface area contributed by atoms with Crippen molar-refractivity contribution in [2.45, 2.75) is 63.3 Å². The Labute approximate surface area is 196 Å². The molecule has 0 radical (unpaired) electrons. The normalized spacial score (nSPS) is 22.5. The van der Waals surface area contributed by atoms with E-state index in [1.54, 1.807) is 17.0 Å². The van der Waals surface area contributed by atoms with Crippen molar-refractivity contribution in [2.24, 2.45) is 5.10 Å². The number of alkyl halides is 3. The molecule has 13 heteroatoms. The van der Waals surface area contributed by atoms with Gasteiger partial charge in [-0.3, -0.25) is 14.4 Å². The molecule has 1 saturated carbocycles. The van der Waals surface area contributed by atoms with E-state index in [-0.39, 0.29) is 59.7 Å². The molecule has 1 aromatic carbocycles. The summed E-state index contributed by atoms with van der Waals surface area (Å²) in [5.74, 6) is -2.59. The lowest BCUT2D eigenvalue weighted by Gasteiger charge is -2.38. The van der Waals surface area contributed by atoms with E-state index in [1.165, 1.54) is 6.07 Å². The van der Waals surface area contributed by atoms with Crippen LogP contribution in [0.2, 0.25) is 0 Å². The molecule has 2 N–H and O–H groups in total. The van der Waals surface area contributed by atoms with Crippen molar-refractivity contribution in [1.29, 1.82) is 0 Å². The summed E-state index contributed by atoms with van der Waals surface area (Å²) in [6.45, 7) is 0.322. The average Bonchev–Trinajstić information content (AvgIpc) is 3.45. The summed E-state index contributed by atoms with van der Waals surface area (Å²) in [5.41, 5.74) is 3.88. The molecule has 1 aromatic heterocycles. The fourth-order valence-electron chi connectivity index (χ4n) is 4.73. The smallest absolute Gasteiger partial charge is 0.346 e. The van der Waals surface area contributed by atoms with E-state index in [2.05, 4.69) is 30.5 Å². The summed E-state index contributed by atoms with van der Waals surface area (Å²) >= 11 is 0. The van der Waals surface area contributed by atoms with Gasteiger partial charge in [0.2, 0.25) is 11.7 Å². The minimum absolute atomic E-state index is 0.188. The second-order valence-electron chi connectivity index (χ2n) is 8.75. The van der Waals surface area contributed by atoms with Crippen LogP contribution in [0, 0.1) is 0 Å². The number of halogens is 3. The van der Waals surface area contributed by atoms with Gasteiger partial charge in [-0.15, -0.1) is 0 Å². The molecule has 2 aliphatic heterocycles. The van der Waals surface area contributed by atoms with Crippen LogP contribution >= 0.6 is 0 Å². The van der Waals surface area contributed by atoms with Crippen molar-refractivity contribution in [3.8, 4) is 11.4 Å². The minimum atomic E-state index is -4.76. The number of carbonyl (C=O) groups excluding carboxylic acids is 3. The first-order chi connectivity index (χ1) is 16.7. The number of nitrogens with one attached hydrogen (secondary N) is 2. The highest BCUT2D eigenvalue weighted by Gasteiger charge is 2.40. The molecule has 5 rings (SSSR count). The second kappa shape index (κ2) is 8.78. The lowest BCUT2D eigenvalue weighted by molar-refractivity contribution is -0.159. The standard InChI is InChI=1S/C22H21F3N6O4/c23-22(24,25)21-27-18(30-35-21)11-5-6-12-10-31(20(34)13(12)9-11)16-4-2-1-3-14(16)26-19(33)15-7-8-17(32)29-28-15/h5-6,9,14,16H,1-4,7-8,10H2,(H,26,33)(H,29,32)/t14-,16-/m1/s1. The highest BCUT2D eigenvalue weighted by molar-refractivity contribution is 6.39. The molecule has 184 valence electrons. The molecule has 0 spiro atoms. The number of amides is 3. The fraction of sp³-hybridized carbons (Fsp3) is 0.455. The first-order valence-corrected chi connectivity index (χ1v) is 11.2. The lowest BCUT2D eigenvalue weighted by Crippen LogP contribution is -2.54. The number of hydrogen-bond acceptors (Lipinski definition) is 7. The van der Waals surface area contributed by atoms with Crippen LogP contribution in [0.4, 0.5) is 13.2 Å².